The minimum atomic E-state index is -2.92. The van der Waals surface area contributed by atoms with Crippen LogP contribution in [0.4, 0.5) is 4.79 Å². The molecular formula is C11H20N2O3S. The van der Waals surface area contributed by atoms with Gasteiger partial charge in [-0.15, -0.1) is 0 Å². The van der Waals surface area contributed by atoms with Gasteiger partial charge in [0.25, 0.3) is 0 Å². The number of urea groups is 1. The van der Waals surface area contributed by atoms with Crippen molar-refractivity contribution >= 4 is 15.9 Å². The van der Waals surface area contributed by atoms with Gasteiger partial charge in [0.2, 0.25) is 0 Å². The number of rotatable bonds is 1. The number of carbonyl (C=O) groups is 1. The highest BCUT2D eigenvalue weighted by Gasteiger charge is 2.31. The second-order valence-electron chi connectivity index (χ2n) is 5.09. The summed E-state index contributed by atoms with van der Waals surface area (Å²) in [7, 11) is -2.92. The fourth-order valence-corrected chi connectivity index (χ4v) is 4.24. The van der Waals surface area contributed by atoms with Gasteiger partial charge in [-0.25, -0.2) is 13.2 Å². The molecule has 2 fully saturated rings. The van der Waals surface area contributed by atoms with Crippen LogP contribution in [0.1, 0.15) is 32.6 Å². The van der Waals surface area contributed by atoms with Crippen molar-refractivity contribution in [3.8, 4) is 0 Å². The number of hydrogen-bond acceptors (Lipinski definition) is 3. The van der Waals surface area contributed by atoms with E-state index in [1.165, 1.54) is 6.42 Å². The van der Waals surface area contributed by atoms with E-state index in [0.29, 0.717) is 6.42 Å². The summed E-state index contributed by atoms with van der Waals surface area (Å²) in [4.78, 5) is 13.8. The summed E-state index contributed by atoms with van der Waals surface area (Å²) in [5.74, 6) is 0.300. The molecule has 2 aliphatic rings. The maximum atomic E-state index is 12.0. The molecule has 17 heavy (non-hydrogen) atoms. The molecule has 2 amide bonds. The highest BCUT2D eigenvalue weighted by molar-refractivity contribution is 7.91. The highest BCUT2D eigenvalue weighted by atomic mass is 32.2. The summed E-state index contributed by atoms with van der Waals surface area (Å²) in [6.45, 7) is 2.83. The van der Waals surface area contributed by atoms with Crippen molar-refractivity contribution in [3.05, 3.63) is 0 Å². The largest absolute Gasteiger partial charge is 0.334 e. The monoisotopic (exact) mass is 260 g/mol. The normalized spacial score (nSPS) is 32.4. The molecule has 2 heterocycles. The standard InChI is InChI=1S/C11H20N2O3S/c1-9-4-2-3-6-13(9)11(14)12-10-5-7-17(15,16)8-10/h9-10H,2-8H2,1H3,(H,12,14). The van der Waals surface area contributed by atoms with Crippen LogP contribution in [0.3, 0.4) is 0 Å². The lowest BCUT2D eigenvalue weighted by atomic mass is 10.0. The molecule has 0 saturated carbocycles. The van der Waals surface area contributed by atoms with Crippen LogP contribution >= 0.6 is 0 Å². The summed E-state index contributed by atoms with van der Waals surface area (Å²) in [5, 5.41) is 2.84. The first kappa shape index (κ1) is 12.7. The van der Waals surface area contributed by atoms with Gasteiger partial charge in [-0.3, -0.25) is 0 Å². The van der Waals surface area contributed by atoms with Gasteiger partial charge in [-0.2, -0.15) is 0 Å². The Balaban J connectivity index is 1.89. The maximum Gasteiger partial charge on any atom is 0.317 e. The summed E-state index contributed by atoms with van der Waals surface area (Å²) in [6, 6.07) is -0.0253. The van der Waals surface area contributed by atoms with E-state index in [-0.39, 0.29) is 29.6 Å². The molecule has 2 saturated heterocycles. The summed E-state index contributed by atoms with van der Waals surface area (Å²) in [5.41, 5.74) is 0. The Labute approximate surface area is 102 Å². The Morgan fingerprint density at radius 2 is 2.06 bits per heavy atom. The first-order chi connectivity index (χ1) is 7.98. The maximum absolute atomic E-state index is 12.0. The Kier molecular flexibility index (Phi) is 3.61. The van der Waals surface area contributed by atoms with Crippen LogP contribution in [0.25, 0.3) is 0 Å². The molecule has 0 aromatic heterocycles. The second kappa shape index (κ2) is 4.84. The van der Waals surface area contributed by atoms with Crippen molar-refractivity contribution in [2.45, 2.75) is 44.7 Å². The van der Waals surface area contributed by atoms with E-state index in [1.54, 1.807) is 0 Å². The highest BCUT2D eigenvalue weighted by Crippen LogP contribution is 2.17. The van der Waals surface area contributed by atoms with E-state index in [0.717, 1.165) is 19.4 Å². The molecule has 1 N–H and O–H groups in total. The lowest BCUT2D eigenvalue weighted by Gasteiger charge is -2.34. The SMILES string of the molecule is CC1CCCCN1C(=O)NC1CCS(=O)(=O)C1. The molecule has 2 rings (SSSR count). The van der Waals surface area contributed by atoms with Gasteiger partial charge in [0, 0.05) is 18.6 Å². The summed E-state index contributed by atoms with van der Waals surface area (Å²) >= 11 is 0. The molecule has 5 nitrogen and oxygen atoms in total. The average Bonchev–Trinajstić information content (AvgIpc) is 2.58. The second-order valence-corrected chi connectivity index (χ2v) is 7.32. The van der Waals surface area contributed by atoms with Crippen LogP contribution in [-0.2, 0) is 9.84 Å². The quantitative estimate of drug-likeness (QED) is 0.757. The smallest absolute Gasteiger partial charge is 0.317 e. The first-order valence-corrected chi connectivity index (χ1v) is 8.07. The third-order valence-corrected chi connectivity index (χ3v) is 5.39. The van der Waals surface area contributed by atoms with Crippen LogP contribution in [0.2, 0.25) is 0 Å². The van der Waals surface area contributed by atoms with Gasteiger partial charge in [-0.1, -0.05) is 0 Å². The van der Waals surface area contributed by atoms with Gasteiger partial charge < -0.3 is 10.2 Å². The van der Waals surface area contributed by atoms with Crippen LogP contribution in [0, 0.1) is 0 Å². The Morgan fingerprint density at radius 3 is 2.65 bits per heavy atom. The van der Waals surface area contributed by atoms with Crippen molar-refractivity contribution in [1.82, 2.24) is 10.2 Å². The number of sulfone groups is 1. The first-order valence-electron chi connectivity index (χ1n) is 6.25. The van der Waals surface area contributed by atoms with E-state index in [2.05, 4.69) is 5.32 Å². The minimum Gasteiger partial charge on any atom is -0.334 e. The number of piperidine rings is 1. The number of amides is 2. The van der Waals surface area contributed by atoms with Gasteiger partial charge in [-0.05, 0) is 32.6 Å². The molecule has 2 unspecified atom stereocenters. The fraction of sp³-hybridized carbons (Fsp3) is 0.909. The predicted octanol–water partition coefficient (Wildman–Crippen LogP) is 0.758. The number of likely N-dealkylation sites (tertiary alicyclic amines) is 1. The van der Waals surface area contributed by atoms with Crippen molar-refractivity contribution in [2.75, 3.05) is 18.1 Å². The predicted molar refractivity (Wildman–Crippen MR) is 65.6 cm³/mol. The van der Waals surface area contributed by atoms with Crippen molar-refractivity contribution in [2.24, 2.45) is 0 Å². The van der Waals surface area contributed by atoms with Crippen LogP contribution in [-0.4, -0.2) is 49.5 Å². The van der Waals surface area contributed by atoms with Crippen molar-refractivity contribution < 1.29 is 13.2 Å². The number of carbonyl (C=O) groups excluding carboxylic acids is 1. The van der Waals surface area contributed by atoms with Crippen LogP contribution in [0.5, 0.6) is 0 Å². The van der Waals surface area contributed by atoms with E-state index in [9.17, 15) is 13.2 Å². The van der Waals surface area contributed by atoms with Crippen LogP contribution in [0.15, 0.2) is 0 Å². The van der Waals surface area contributed by atoms with Gasteiger partial charge in [0.05, 0.1) is 11.5 Å². The van der Waals surface area contributed by atoms with E-state index in [1.807, 2.05) is 11.8 Å². The molecule has 0 radical (unpaired) electrons. The van der Waals surface area contributed by atoms with E-state index >= 15 is 0 Å². The summed E-state index contributed by atoms with van der Waals surface area (Å²) in [6.07, 6.45) is 3.80. The zero-order valence-corrected chi connectivity index (χ0v) is 11.0. The molecule has 2 aliphatic heterocycles. The molecule has 0 spiro atoms. The Morgan fingerprint density at radius 1 is 1.29 bits per heavy atom. The van der Waals surface area contributed by atoms with Crippen LogP contribution < -0.4 is 5.32 Å². The average molecular weight is 260 g/mol. The minimum absolute atomic E-state index is 0.0979. The van der Waals surface area contributed by atoms with Crippen molar-refractivity contribution in [3.63, 3.8) is 0 Å². The van der Waals surface area contributed by atoms with E-state index < -0.39 is 9.84 Å². The number of hydrogen-bond donors (Lipinski definition) is 1. The molecular weight excluding hydrogens is 240 g/mol. The van der Waals surface area contributed by atoms with Gasteiger partial charge in [0.1, 0.15) is 0 Å². The zero-order valence-electron chi connectivity index (χ0n) is 10.2. The molecule has 6 heteroatoms. The molecule has 0 aromatic carbocycles. The number of nitrogens with zero attached hydrogens (tertiary/aromatic N) is 1. The molecule has 2 atom stereocenters. The third-order valence-electron chi connectivity index (χ3n) is 3.62. The Hall–Kier alpha value is -0.780. The summed E-state index contributed by atoms with van der Waals surface area (Å²) < 4.78 is 22.6. The fourth-order valence-electron chi connectivity index (χ4n) is 2.57. The molecule has 0 bridgehead atoms. The number of nitrogens with one attached hydrogen (secondary N) is 1. The zero-order chi connectivity index (χ0) is 12.5. The van der Waals surface area contributed by atoms with Crippen molar-refractivity contribution in [1.29, 1.82) is 0 Å². The lowest BCUT2D eigenvalue weighted by molar-refractivity contribution is 0.155. The Bertz CT molecular complexity index is 394. The van der Waals surface area contributed by atoms with E-state index in [4.69, 9.17) is 0 Å². The molecule has 0 aliphatic carbocycles. The lowest BCUT2D eigenvalue weighted by Crippen LogP contribution is -2.50. The topological polar surface area (TPSA) is 66.5 Å². The third kappa shape index (κ3) is 3.12. The van der Waals surface area contributed by atoms with Gasteiger partial charge in [0.15, 0.2) is 9.84 Å². The van der Waals surface area contributed by atoms with Gasteiger partial charge >= 0.3 is 6.03 Å². The molecule has 0 aromatic rings. The molecule has 98 valence electrons.